The fourth-order valence-corrected chi connectivity index (χ4v) is 3.85. The van der Waals surface area contributed by atoms with Crippen LogP contribution in [-0.4, -0.2) is 23.2 Å². The molecule has 0 fully saturated rings. The van der Waals surface area contributed by atoms with E-state index in [1.807, 2.05) is 0 Å². The first kappa shape index (κ1) is 19.1. The summed E-state index contributed by atoms with van der Waals surface area (Å²) in [6, 6.07) is 0. The van der Waals surface area contributed by atoms with Crippen LogP contribution in [0.2, 0.25) is 0 Å². The third-order valence-corrected chi connectivity index (χ3v) is 5.07. The van der Waals surface area contributed by atoms with Crippen LogP contribution >= 0.6 is 7.60 Å². The molecule has 0 spiro atoms. The lowest BCUT2D eigenvalue weighted by atomic mass is 10.1. The average Bonchev–Trinajstić information content (AvgIpc) is 2.26. The summed E-state index contributed by atoms with van der Waals surface area (Å²) in [5.74, 6) is -1.01. The molecule has 0 aliphatic heterocycles. The van der Waals surface area contributed by atoms with Crippen LogP contribution in [0.3, 0.4) is 0 Å². The molecule has 0 aromatic carbocycles. The van der Waals surface area contributed by atoms with Crippen LogP contribution in [0.25, 0.3) is 0 Å². The van der Waals surface area contributed by atoms with Crippen LogP contribution in [0.5, 0.6) is 0 Å². The van der Waals surface area contributed by atoms with Crippen LogP contribution < -0.4 is 0 Å². The average molecular weight is 294 g/mol. The lowest BCUT2D eigenvalue weighted by Gasteiger charge is -2.26. The second-order valence-corrected chi connectivity index (χ2v) is 7.63. The van der Waals surface area contributed by atoms with Crippen LogP contribution in [-0.2, 0) is 13.6 Å². The molecule has 0 bridgehead atoms. The van der Waals surface area contributed by atoms with E-state index in [1.54, 1.807) is 27.7 Å². The van der Waals surface area contributed by atoms with Crippen molar-refractivity contribution in [2.24, 2.45) is 0 Å². The smallest absolute Gasteiger partial charge is 0.359 e. The number of aliphatic hydroxyl groups excluding tert-OH is 1. The topological polar surface area (TPSA) is 55.8 Å². The molecule has 0 heterocycles. The summed E-state index contributed by atoms with van der Waals surface area (Å²) in [5.41, 5.74) is 0. The van der Waals surface area contributed by atoms with Gasteiger partial charge in [0, 0.05) is 0 Å². The summed E-state index contributed by atoms with van der Waals surface area (Å²) in [6.45, 7) is 9.35. The van der Waals surface area contributed by atoms with Crippen molar-refractivity contribution in [1.29, 1.82) is 0 Å². The maximum Gasteiger partial charge on any atom is 0.359 e. The van der Waals surface area contributed by atoms with E-state index in [2.05, 4.69) is 6.92 Å². The second-order valence-electron chi connectivity index (χ2n) is 5.53. The molecule has 0 aromatic rings. The third kappa shape index (κ3) is 8.80. The Kier molecular flexibility index (Phi) is 9.98. The molecule has 0 aliphatic rings. The van der Waals surface area contributed by atoms with Crippen LogP contribution in [0.1, 0.15) is 73.1 Å². The fourth-order valence-electron chi connectivity index (χ4n) is 1.84. The standard InChI is InChI=1S/C14H31O4P/c1-6-7-8-9-10-11-14(15)19(16,17-12(2)3)18-13(4)5/h12-15H,6-11H2,1-5H3/t14-/m0/s1. The molecule has 5 heteroatoms. The predicted octanol–water partition coefficient (Wildman–Crippen LogP) is 4.71. The van der Waals surface area contributed by atoms with Gasteiger partial charge in [-0.25, -0.2) is 0 Å². The summed E-state index contributed by atoms with van der Waals surface area (Å²) in [5, 5.41) is 10.1. The Bertz CT molecular complexity index is 252. The Balaban J connectivity index is 4.30. The molecule has 116 valence electrons. The molecule has 0 amide bonds. The van der Waals surface area contributed by atoms with E-state index in [4.69, 9.17) is 9.05 Å². The summed E-state index contributed by atoms with van der Waals surface area (Å²) in [4.78, 5) is 0. The van der Waals surface area contributed by atoms with Crippen LogP contribution in [0, 0.1) is 0 Å². The van der Waals surface area contributed by atoms with E-state index in [1.165, 1.54) is 12.8 Å². The van der Waals surface area contributed by atoms with Gasteiger partial charge in [-0.2, -0.15) is 0 Å². The van der Waals surface area contributed by atoms with E-state index >= 15 is 0 Å². The van der Waals surface area contributed by atoms with Crippen LogP contribution in [0.15, 0.2) is 0 Å². The van der Waals surface area contributed by atoms with Gasteiger partial charge in [0.15, 0.2) is 5.85 Å². The minimum absolute atomic E-state index is 0.223. The first-order valence-corrected chi connectivity index (χ1v) is 9.07. The summed E-state index contributed by atoms with van der Waals surface area (Å²) < 4.78 is 23.3. The highest BCUT2D eigenvalue weighted by Gasteiger charge is 2.36. The highest BCUT2D eigenvalue weighted by Crippen LogP contribution is 2.55. The maximum absolute atomic E-state index is 12.6. The van der Waals surface area contributed by atoms with Crippen molar-refractivity contribution in [1.82, 2.24) is 0 Å². The highest BCUT2D eigenvalue weighted by molar-refractivity contribution is 7.54. The van der Waals surface area contributed by atoms with Crippen molar-refractivity contribution in [3.8, 4) is 0 Å². The lowest BCUT2D eigenvalue weighted by Crippen LogP contribution is -2.18. The number of rotatable bonds is 11. The minimum Gasteiger partial charge on any atom is -0.380 e. The molecule has 4 nitrogen and oxygen atoms in total. The molecule has 0 rings (SSSR count). The summed E-state index contributed by atoms with van der Waals surface area (Å²) in [6.07, 6.45) is 5.48. The first-order chi connectivity index (χ1) is 8.81. The Morgan fingerprint density at radius 2 is 1.42 bits per heavy atom. The molecular weight excluding hydrogens is 263 g/mol. The molecule has 1 atom stereocenters. The molecule has 0 radical (unpaired) electrons. The van der Waals surface area contributed by atoms with E-state index in [-0.39, 0.29) is 12.2 Å². The Morgan fingerprint density at radius 1 is 0.947 bits per heavy atom. The van der Waals surface area contributed by atoms with E-state index in [0.29, 0.717) is 6.42 Å². The first-order valence-electron chi connectivity index (χ1n) is 7.46. The van der Waals surface area contributed by atoms with Gasteiger partial charge in [-0.05, 0) is 34.1 Å². The van der Waals surface area contributed by atoms with Gasteiger partial charge in [0.25, 0.3) is 0 Å². The molecule has 1 N–H and O–H groups in total. The normalized spacial score (nSPS) is 14.3. The summed E-state index contributed by atoms with van der Waals surface area (Å²) >= 11 is 0. The molecule has 0 saturated heterocycles. The number of aliphatic hydroxyl groups is 1. The molecule has 0 saturated carbocycles. The van der Waals surface area contributed by atoms with Gasteiger partial charge in [-0.3, -0.25) is 4.57 Å². The molecule has 0 unspecified atom stereocenters. The van der Waals surface area contributed by atoms with Gasteiger partial charge in [0.1, 0.15) is 0 Å². The Hall–Kier alpha value is 0.110. The van der Waals surface area contributed by atoms with E-state index < -0.39 is 13.4 Å². The van der Waals surface area contributed by atoms with Crippen molar-refractivity contribution >= 4 is 7.60 Å². The largest absolute Gasteiger partial charge is 0.380 e. The van der Waals surface area contributed by atoms with Crippen molar-refractivity contribution in [2.75, 3.05) is 0 Å². The highest BCUT2D eigenvalue weighted by atomic mass is 31.2. The lowest BCUT2D eigenvalue weighted by molar-refractivity contribution is 0.0972. The molecule has 0 aromatic heterocycles. The van der Waals surface area contributed by atoms with Gasteiger partial charge in [0.2, 0.25) is 0 Å². The van der Waals surface area contributed by atoms with Crippen molar-refractivity contribution in [3.63, 3.8) is 0 Å². The summed E-state index contributed by atoms with van der Waals surface area (Å²) in [7, 11) is -3.42. The zero-order chi connectivity index (χ0) is 14.9. The zero-order valence-electron chi connectivity index (χ0n) is 13.1. The van der Waals surface area contributed by atoms with Gasteiger partial charge in [0.05, 0.1) is 12.2 Å². The van der Waals surface area contributed by atoms with E-state index in [0.717, 1.165) is 19.3 Å². The SMILES string of the molecule is CCCCCCC[C@@H](O)P(=O)(OC(C)C)OC(C)C. The van der Waals surface area contributed by atoms with Crippen LogP contribution in [0.4, 0.5) is 0 Å². The Morgan fingerprint density at radius 3 is 1.84 bits per heavy atom. The van der Waals surface area contributed by atoms with Gasteiger partial charge in [-0.15, -0.1) is 0 Å². The van der Waals surface area contributed by atoms with Gasteiger partial charge >= 0.3 is 7.60 Å². The van der Waals surface area contributed by atoms with Gasteiger partial charge in [-0.1, -0.05) is 39.0 Å². The molecule has 19 heavy (non-hydrogen) atoms. The van der Waals surface area contributed by atoms with Crippen molar-refractivity contribution in [3.05, 3.63) is 0 Å². The molecule has 0 aliphatic carbocycles. The number of hydrogen-bond donors (Lipinski definition) is 1. The van der Waals surface area contributed by atoms with E-state index in [9.17, 15) is 9.67 Å². The van der Waals surface area contributed by atoms with Crippen molar-refractivity contribution in [2.45, 2.75) is 91.2 Å². The fraction of sp³-hybridized carbons (Fsp3) is 1.00. The third-order valence-electron chi connectivity index (χ3n) is 2.65. The molecular formula is C14H31O4P. The monoisotopic (exact) mass is 294 g/mol. The quantitative estimate of drug-likeness (QED) is 0.443. The number of hydrogen-bond acceptors (Lipinski definition) is 4. The Labute approximate surface area is 118 Å². The van der Waals surface area contributed by atoms with Gasteiger partial charge < -0.3 is 14.2 Å². The minimum atomic E-state index is -3.42. The predicted molar refractivity (Wildman–Crippen MR) is 79.4 cm³/mol. The maximum atomic E-state index is 12.6. The number of unbranched alkanes of at least 4 members (excludes halogenated alkanes) is 4. The second kappa shape index (κ2) is 9.93. The zero-order valence-corrected chi connectivity index (χ0v) is 14.0. The van der Waals surface area contributed by atoms with Crippen molar-refractivity contribution < 1.29 is 18.7 Å².